The van der Waals surface area contributed by atoms with Gasteiger partial charge < -0.3 is 26.2 Å². The van der Waals surface area contributed by atoms with Crippen LogP contribution in [-0.2, 0) is 24.5 Å². The first-order chi connectivity index (χ1) is 21.4. The van der Waals surface area contributed by atoms with Crippen LogP contribution in [0.2, 0.25) is 0 Å². The SMILES string of the molecule is CC.Cc1ncc(CNc2ccc(-c3ccc(C(=N)N)cc3)cc2)c(CNCCCCCC(=O)O)c1OCc1ccccc1. The van der Waals surface area contributed by atoms with Gasteiger partial charge in [-0.15, -0.1) is 0 Å². The van der Waals surface area contributed by atoms with E-state index in [2.05, 4.69) is 39.9 Å². The number of unbranched alkanes of at least 4 members (excludes halogenated alkanes) is 2. The second-order valence-corrected chi connectivity index (χ2v) is 10.3. The number of aliphatic carboxylic acids is 1. The van der Waals surface area contributed by atoms with Crippen LogP contribution in [0.25, 0.3) is 11.1 Å². The molecule has 0 aliphatic rings. The number of amidine groups is 1. The third-order valence-electron chi connectivity index (χ3n) is 7.07. The Balaban J connectivity index is 0.00000259. The smallest absolute Gasteiger partial charge is 0.303 e. The van der Waals surface area contributed by atoms with E-state index >= 15 is 0 Å². The lowest BCUT2D eigenvalue weighted by atomic mass is 10.0. The first-order valence-electron chi connectivity index (χ1n) is 15.3. The topological polar surface area (TPSA) is 133 Å². The van der Waals surface area contributed by atoms with Gasteiger partial charge in [-0.1, -0.05) is 87.0 Å². The Morgan fingerprint density at radius 1 is 0.909 bits per heavy atom. The molecule has 0 saturated heterocycles. The molecular formula is C36H45N5O3. The zero-order chi connectivity index (χ0) is 31.7. The van der Waals surface area contributed by atoms with Gasteiger partial charge in [0.1, 0.15) is 18.2 Å². The molecule has 3 aromatic carbocycles. The van der Waals surface area contributed by atoms with Gasteiger partial charge in [-0.25, -0.2) is 0 Å². The molecule has 0 aliphatic heterocycles. The maximum atomic E-state index is 10.8. The van der Waals surface area contributed by atoms with E-state index in [1.807, 2.05) is 81.6 Å². The molecule has 0 bridgehead atoms. The number of carbonyl (C=O) groups is 1. The Morgan fingerprint density at radius 3 is 2.20 bits per heavy atom. The number of aromatic nitrogens is 1. The molecule has 0 radical (unpaired) electrons. The van der Waals surface area contributed by atoms with Gasteiger partial charge in [0.15, 0.2) is 0 Å². The predicted octanol–water partition coefficient (Wildman–Crippen LogP) is 7.29. The monoisotopic (exact) mass is 595 g/mol. The summed E-state index contributed by atoms with van der Waals surface area (Å²) in [5.74, 6) is 0.108. The average molecular weight is 596 g/mol. The second-order valence-electron chi connectivity index (χ2n) is 10.3. The molecule has 232 valence electrons. The lowest BCUT2D eigenvalue weighted by Crippen LogP contribution is -2.19. The van der Waals surface area contributed by atoms with Gasteiger partial charge >= 0.3 is 5.97 Å². The molecule has 0 unspecified atom stereocenters. The number of anilines is 1. The molecule has 4 aromatic rings. The summed E-state index contributed by atoms with van der Waals surface area (Å²) in [6.45, 7) is 8.42. The third-order valence-corrected chi connectivity index (χ3v) is 7.07. The summed E-state index contributed by atoms with van der Waals surface area (Å²) in [6.07, 6.45) is 4.59. The van der Waals surface area contributed by atoms with E-state index in [1.165, 1.54) is 0 Å². The van der Waals surface area contributed by atoms with Crippen LogP contribution in [0.3, 0.4) is 0 Å². The van der Waals surface area contributed by atoms with Crippen molar-refractivity contribution < 1.29 is 14.6 Å². The van der Waals surface area contributed by atoms with Crippen LogP contribution in [0.1, 0.15) is 67.5 Å². The minimum Gasteiger partial charge on any atom is -0.487 e. The number of ether oxygens (including phenoxy) is 1. The van der Waals surface area contributed by atoms with Crippen molar-refractivity contribution in [2.45, 2.75) is 66.2 Å². The first-order valence-corrected chi connectivity index (χ1v) is 15.3. The number of hydrogen-bond donors (Lipinski definition) is 5. The summed E-state index contributed by atoms with van der Waals surface area (Å²) in [5, 5.41) is 23.5. The zero-order valence-corrected chi connectivity index (χ0v) is 26.0. The Kier molecular flexibility index (Phi) is 13.9. The Labute approximate surface area is 261 Å². The Morgan fingerprint density at radius 2 is 1.57 bits per heavy atom. The number of benzene rings is 3. The van der Waals surface area contributed by atoms with Crippen molar-refractivity contribution in [3.8, 4) is 16.9 Å². The summed E-state index contributed by atoms with van der Waals surface area (Å²) in [4.78, 5) is 15.4. The van der Waals surface area contributed by atoms with Crippen molar-refractivity contribution in [2.75, 3.05) is 11.9 Å². The molecule has 6 N–H and O–H groups in total. The van der Waals surface area contributed by atoms with E-state index in [9.17, 15) is 4.79 Å². The van der Waals surface area contributed by atoms with Gasteiger partial charge in [0.05, 0.1) is 5.69 Å². The van der Waals surface area contributed by atoms with Crippen LogP contribution >= 0.6 is 0 Å². The molecule has 0 amide bonds. The van der Waals surface area contributed by atoms with Crippen LogP contribution in [0, 0.1) is 12.3 Å². The van der Waals surface area contributed by atoms with Crippen molar-refractivity contribution in [2.24, 2.45) is 5.73 Å². The highest BCUT2D eigenvalue weighted by Gasteiger charge is 2.15. The molecule has 4 rings (SSSR count). The number of aryl methyl sites for hydroxylation is 1. The number of nitrogen functional groups attached to an aromatic ring is 1. The van der Waals surface area contributed by atoms with Gasteiger partial charge in [-0.2, -0.15) is 0 Å². The number of carboxylic acids is 1. The maximum absolute atomic E-state index is 10.8. The molecule has 8 heteroatoms. The number of nitrogens with zero attached hydrogens (tertiary/aromatic N) is 1. The lowest BCUT2D eigenvalue weighted by Gasteiger charge is -2.19. The van der Waals surface area contributed by atoms with Crippen LogP contribution in [0.5, 0.6) is 5.75 Å². The molecule has 0 saturated carbocycles. The number of hydrogen-bond acceptors (Lipinski definition) is 6. The van der Waals surface area contributed by atoms with Gasteiger partial charge in [0.25, 0.3) is 0 Å². The summed E-state index contributed by atoms with van der Waals surface area (Å²) in [6, 6.07) is 26.0. The summed E-state index contributed by atoms with van der Waals surface area (Å²) >= 11 is 0. The van der Waals surface area contributed by atoms with Gasteiger partial charge in [-0.3, -0.25) is 15.2 Å². The van der Waals surface area contributed by atoms with Gasteiger partial charge in [0, 0.05) is 42.5 Å². The fraction of sp³-hybridized carbons (Fsp3) is 0.306. The van der Waals surface area contributed by atoms with E-state index in [4.69, 9.17) is 21.0 Å². The highest BCUT2D eigenvalue weighted by molar-refractivity contribution is 5.95. The largest absolute Gasteiger partial charge is 0.487 e. The van der Waals surface area contributed by atoms with Gasteiger partial charge in [0.2, 0.25) is 0 Å². The zero-order valence-electron chi connectivity index (χ0n) is 26.0. The van der Waals surface area contributed by atoms with E-state index < -0.39 is 5.97 Å². The molecule has 0 aliphatic carbocycles. The van der Waals surface area contributed by atoms with E-state index in [1.54, 1.807) is 0 Å². The predicted molar refractivity (Wildman–Crippen MR) is 179 cm³/mol. The highest BCUT2D eigenvalue weighted by atomic mass is 16.5. The quantitative estimate of drug-likeness (QED) is 0.0522. The van der Waals surface area contributed by atoms with Crippen molar-refractivity contribution in [1.82, 2.24) is 10.3 Å². The fourth-order valence-electron chi connectivity index (χ4n) is 4.68. The standard InChI is InChI=1S/C34H39N5O3.C2H6/c1-24-33(42-23-25-8-4-2-5-9-25)31(22-37-19-7-3-6-10-32(40)41)29(20-38-24)21-39-30-17-15-27(16-18-30)26-11-13-28(14-12-26)34(35)36;1-2/h2,4-5,8-9,11-18,20,37,39H,3,6-7,10,19,21-23H2,1H3,(H3,35,36)(H,40,41);1-2H3. The number of rotatable bonds is 16. The fourth-order valence-corrected chi connectivity index (χ4v) is 4.68. The first kappa shape index (κ1) is 33.8. The van der Waals surface area contributed by atoms with Crippen molar-refractivity contribution in [1.29, 1.82) is 5.41 Å². The molecule has 8 nitrogen and oxygen atoms in total. The lowest BCUT2D eigenvalue weighted by molar-refractivity contribution is -0.137. The van der Waals surface area contributed by atoms with E-state index in [-0.39, 0.29) is 12.3 Å². The van der Waals surface area contributed by atoms with Crippen LogP contribution in [0.15, 0.2) is 85.1 Å². The van der Waals surface area contributed by atoms with Crippen LogP contribution < -0.4 is 21.1 Å². The van der Waals surface area contributed by atoms with Crippen molar-refractivity contribution in [3.05, 3.63) is 113 Å². The summed E-state index contributed by atoms with van der Waals surface area (Å²) in [7, 11) is 0. The van der Waals surface area contributed by atoms with E-state index in [0.29, 0.717) is 31.7 Å². The molecule has 0 atom stereocenters. The highest BCUT2D eigenvalue weighted by Crippen LogP contribution is 2.28. The normalized spacial score (nSPS) is 10.4. The second kappa shape index (κ2) is 18.1. The summed E-state index contributed by atoms with van der Waals surface area (Å²) in [5.41, 5.74) is 13.5. The Hall–Kier alpha value is -4.69. The third kappa shape index (κ3) is 10.5. The van der Waals surface area contributed by atoms with Crippen molar-refractivity contribution >= 4 is 17.5 Å². The maximum Gasteiger partial charge on any atom is 0.303 e. The van der Waals surface area contributed by atoms with Crippen molar-refractivity contribution in [3.63, 3.8) is 0 Å². The average Bonchev–Trinajstić information content (AvgIpc) is 3.05. The molecule has 44 heavy (non-hydrogen) atoms. The molecule has 0 fully saturated rings. The minimum absolute atomic E-state index is 0.0608. The minimum atomic E-state index is -0.745. The summed E-state index contributed by atoms with van der Waals surface area (Å²) < 4.78 is 6.34. The Bertz CT molecular complexity index is 1460. The number of nitrogens with one attached hydrogen (secondary N) is 3. The molecule has 0 spiro atoms. The molecular weight excluding hydrogens is 550 g/mol. The number of carboxylic acid groups (broad SMARTS) is 1. The number of pyridine rings is 1. The molecule has 1 heterocycles. The van der Waals surface area contributed by atoms with E-state index in [0.717, 1.165) is 64.3 Å². The molecule has 1 aromatic heterocycles. The van der Waals surface area contributed by atoms with Gasteiger partial charge in [-0.05, 0) is 60.7 Å². The number of nitrogens with two attached hydrogens (primary N) is 1. The van der Waals surface area contributed by atoms with Crippen LogP contribution in [-0.4, -0.2) is 28.4 Å². The van der Waals surface area contributed by atoms with Crippen LogP contribution in [0.4, 0.5) is 5.69 Å².